The Bertz CT molecular complexity index is 1070. The van der Waals surface area contributed by atoms with Gasteiger partial charge in [-0.2, -0.15) is 13.2 Å². The Morgan fingerprint density at radius 1 is 1.04 bits per heavy atom. The summed E-state index contributed by atoms with van der Waals surface area (Å²) in [5, 5.41) is 1.98. The quantitative estimate of drug-likeness (QED) is 0.670. The summed E-state index contributed by atoms with van der Waals surface area (Å²) in [6.45, 7) is 0. The van der Waals surface area contributed by atoms with Crippen molar-refractivity contribution in [1.82, 2.24) is 4.98 Å². The fourth-order valence-electron chi connectivity index (χ4n) is 2.35. The summed E-state index contributed by atoms with van der Waals surface area (Å²) in [5.41, 5.74) is -2.66. The van der Waals surface area contributed by atoms with Crippen LogP contribution in [0.2, 0.25) is 0 Å². The molecule has 1 aromatic heterocycles. The summed E-state index contributed by atoms with van der Waals surface area (Å²) in [7, 11) is 0. The lowest BCUT2D eigenvalue weighted by molar-refractivity contribution is -0.137. The van der Waals surface area contributed by atoms with Gasteiger partial charge in [-0.15, -0.1) is 0 Å². The second kappa shape index (κ2) is 6.25. The summed E-state index contributed by atoms with van der Waals surface area (Å²) < 4.78 is 64.6. The van der Waals surface area contributed by atoms with E-state index in [4.69, 9.17) is 0 Å². The number of aromatic amines is 1. The average molecular weight is 368 g/mol. The van der Waals surface area contributed by atoms with Gasteiger partial charge in [0.1, 0.15) is 17.2 Å². The summed E-state index contributed by atoms with van der Waals surface area (Å²) in [6.07, 6.45) is -3.65. The molecule has 0 aliphatic heterocycles. The molecule has 9 heteroatoms. The van der Waals surface area contributed by atoms with Crippen molar-refractivity contribution < 1.29 is 26.7 Å². The van der Waals surface area contributed by atoms with Crippen LogP contribution >= 0.6 is 0 Å². The van der Waals surface area contributed by atoms with Gasteiger partial charge in [0.05, 0.1) is 11.3 Å². The standard InChI is InChI=1S/C17H9F5N2O2/c18-9-2-4-13(12(19)6-9)24-16(26)11-7-23-14-5-8(17(20,21)22)1-3-10(14)15(11)25/h1-7H,(H,23,25)(H,24,26). The third kappa shape index (κ3) is 3.28. The van der Waals surface area contributed by atoms with Gasteiger partial charge < -0.3 is 10.3 Å². The highest BCUT2D eigenvalue weighted by atomic mass is 19.4. The van der Waals surface area contributed by atoms with Crippen molar-refractivity contribution in [2.75, 3.05) is 5.32 Å². The topological polar surface area (TPSA) is 62.0 Å². The predicted molar refractivity (Wildman–Crippen MR) is 83.9 cm³/mol. The van der Waals surface area contributed by atoms with E-state index in [1.807, 2.05) is 0 Å². The predicted octanol–water partition coefficient (Wildman–Crippen LogP) is 4.08. The largest absolute Gasteiger partial charge is 0.416 e. The van der Waals surface area contributed by atoms with Crippen molar-refractivity contribution in [3.8, 4) is 0 Å². The molecule has 0 aliphatic carbocycles. The molecule has 0 aliphatic rings. The van der Waals surface area contributed by atoms with Crippen LogP contribution in [0.15, 0.2) is 47.4 Å². The number of hydrogen-bond donors (Lipinski definition) is 2. The molecule has 3 aromatic rings. The lowest BCUT2D eigenvalue weighted by Gasteiger charge is -2.09. The number of pyridine rings is 1. The maximum Gasteiger partial charge on any atom is 0.416 e. The first-order valence-electron chi connectivity index (χ1n) is 7.16. The van der Waals surface area contributed by atoms with Crippen molar-refractivity contribution >= 4 is 22.5 Å². The second-order valence-corrected chi connectivity index (χ2v) is 5.37. The van der Waals surface area contributed by atoms with Crippen LogP contribution in [0.5, 0.6) is 0 Å². The van der Waals surface area contributed by atoms with Crippen molar-refractivity contribution in [3.05, 3.63) is 75.6 Å². The van der Waals surface area contributed by atoms with Gasteiger partial charge in [0.25, 0.3) is 5.91 Å². The third-order valence-electron chi connectivity index (χ3n) is 3.63. The van der Waals surface area contributed by atoms with Crippen LogP contribution in [0, 0.1) is 11.6 Å². The Morgan fingerprint density at radius 3 is 2.42 bits per heavy atom. The number of carbonyl (C=O) groups is 1. The third-order valence-corrected chi connectivity index (χ3v) is 3.63. The Morgan fingerprint density at radius 2 is 1.77 bits per heavy atom. The molecular formula is C17H9F5N2O2. The molecule has 1 heterocycles. The van der Waals surface area contributed by atoms with Crippen LogP contribution in [0.3, 0.4) is 0 Å². The number of amides is 1. The van der Waals surface area contributed by atoms with Crippen LogP contribution in [-0.4, -0.2) is 10.9 Å². The molecule has 0 bridgehead atoms. The number of anilines is 1. The van der Waals surface area contributed by atoms with Gasteiger partial charge in [-0.05, 0) is 30.3 Å². The number of halogens is 5. The molecule has 0 fully saturated rings. The summed E-state index contributed by atoms with van der Waals surface area (Å²) in [5.74, 6) is -2.87. The highest BCUT2D eigenvalue weighted by Crippen LogP contribution is 2.30. The number of rotatable bonds is 2. The van der Waals surface area contributed by atoms with E-state index in [1.165, 1.54) is 0 Å². The van der Waals surface area contributed by atoms with Crippen molar-refractivity contribution in [1.29, 1.82) is 0 Å². The molecule has 4 nitrogen and oxygen atoms in total. The smallest absolute Gasteiger partial charge is 0.360 e. The fourth-order valence-corrected chi connectivity index (χ4v) is 2.35. The minimum absolute atomic E-state index is 0.102. The molecule has 0 saturated heterocycles. The highest BCUT2D eigenvalue weighted by molar-refractivity contribution is 6.05. The first-order valence-corrected chi connectivity index (χ1v) is 7.16. The van der Waals surface area contributed by atoms with E-state index in [0.717, 1.165) is 36.5 Å². The molecule has 2 N–H and O–H groups in total. The molecule has 3 rings (SSSR count). The minimum atomic E-state index is -4.58. The minimum Gasteiger partial charge on any atom is -0.360 e. The SMILES string of the molecule is O=C(Nc1ccc(F)cc1F)c1c[nH]c2cc(C(F)(F)F)ccc2c1=O. The Balaban J connectivity index is 1.99. The number of nitrogens with one attached hydrogen (secondary N) is 2. The van der Waals surface area contributed by atoms with E-state index in [2.05, 4.69) is 10.3 Å². The summed E-state index contributed by atoms with van der Waals surface area (Å²) >= 11 is 0. The van der Waals surface area contributed by atoms with E-state index in [-0.39, 0.29) is 16.6 Å². The fraction of sp³-hybridized carbons (Fsp3) is 0.0588. The Kier molecular flexibility index (Phi) is 4.23. The van der Waals surface area contributed by atoms with Crippen molar-refractivity contribution in [2.45, 2.75) is 6.18 Å². The normalized spacial score (nSPS) is 11.6. The zero-order chi connectivity index (χ0) is 19.1. The summed E-state index contributed by atoms with van der Waals surface area (Å²) in [6, 6.07) is 4.87. The molecule has 26 heavy (non-hydrogen) atoms. The lowest BCUT2D eigenvalue weighted by Crippen LogP contribution is -2.22. The number of carbonyl (C=O) groups excluding carboxylic acids is 1. The van der Waals surface area contributed by atoms with Gasteiger partial charge in [0.2, 0.25) is 5.43 Å². The summed E-state index contributed by atoms with van der Waals surface area (Å²) in [4.78, 5) is 27.0. The molecule has 0 spiro atoms. The lowest BCUT2D eigenvalue weighted by atomic mass is 10.1. The van der Waals surface area contributed by atoms with Crippen molar-refractivity contribution in [3.63, 3.8) is 0 Å². The van der Waals surface area contributed by atoms with Gasteiger partial charge in [-0.1, -0.05) is 0 Å². The maximum absolute atomic E-state index is 13.6. The van der Waals surface area contributed by atoms with Gasteiger partial charge >= 0.3 is 6.18 Å². The van der Waals surface area contributed by atoms with Crippen LogP contribution in [-0.2, 0) is 6.18 Å². The molecule has 134 valence electrons. The zero-order valence-electron chi connectivity index (χ0n) is 12.7. The first kappa shape index (κ1) is 17.6. The molecule has 2 aromatic carbocycles. The van der Waals surface area contributed by atoms with Crippen LogP contribution in [0.1, 0.15) is 15.9 Å². The number of alkyl halides is 3. The van der Waals surface area contributed by atoms with Crippen LogP contribution in [0.25, 0.3) is 10.9 Å². The molecule has 1 amide bonds. The Hall–Kier alpha value is -3.23. The molecule has 0 unspecified atom stereocenters. The monoisotopic (exact) mass is 368 g/mol. The first-order chi connectivity index (χ1) is 12.2. The van der Waals surface area contributed by atoms with Crippen molar-refractivity contribution in [2.24, 2.45) is 0 Å². The number of H-pyrrole nitrogens is 1. The Labute approximate surface area is 142 Å². The zero-order valence-corrected chi connectivity index (χ0v) is 12.7. The number of benzene rings is 2. The highest BCUT2D eigenvalue weighted by Gasteiger charge is 2.30. The number of aromatic nitrogens is 1. The van der Waals surface area contributed by atoms with E-state index in [9.17, 15) is 31.5 Å². The molecule has 0 saturated carbocycles. The van der Waals surface area contributed by atoms with E-state index < -0.39 is 40.3 Å². The van der Waals surface area contributed by atoms with E-state index in [0.29, 0.717) is 6.07 Å². The van der Waals surface area contributed by atoms with E-state index in [1.54, 1.807) is 0 Å². The van der Waals surface area contributed by atoms with Crippen LogP contribution < -0.4 is 10.7 Å². The average Bonchev–Trinajstić information content (AvgIpc) is 2.56. The van der Waals surface area contributed by atoms with Crippen LogP contribution in [0.4, 0.5) is 27.6 Å². The maximum atomic E-state index is 13.6. The molecule has 0 radical (unpaired) electrons. The van der Waals surface area contributed by atoms with Gasteiger partial charge in [0.15, 0.2) is 0 Å². The molecular weight excluding hydrogens is 359 g/mol. The molecule has 0 atom stereocenters. The van der Waals surface area contributed by atoms with E-state index >= 15 is 0 Å². The van der Waals surface area contributed by atoms with Gasteiger partial charge in [-0.25, -0.2) is 8.78 Å². The number of hydrogen-bond acceptors (Lipinski definition) is 2. The number of fused-ring (bicyclic) bond motifs is 1. The second-order valence-electron chi connectivity index (χ2n) is 5.37. The van der Waals surface area contributed by atoms with Gasteiger partial charge in [0, 0.05) is 23.2 Å². The van der Waals surface area contributed by atoms with Gasteiger partial charge in [-0.3, -0.25) is 9.59 Å².